The number of thiophene rings is 1. The Morgan fingerprint density at radius 1 is 1.38 bits per heavy atom. The van der Waals surface area contributed by atoms with Crippen molar-refractivity contribution in [2.24, 2.45) is 0 Å². The number of aromatic nitrogens is 2. The molecule has 0 spiro atoms. The van der Waals surface area contributed by atoms with Crippen molar-refractivity contribution < 1.29 is 9.53 Å². The van der Waals surface area contributed by atoms with Gasteiger partial charge in [-0.2, -0.15) is 0 Å². The molecule has 0 radical (unpaired) electrons. The van der Waals surface area contributed by atoms with Gasteiger partial charge in [-0.15, -0.1) is 11.3 Å². The third-order valence-electron chi connectivity index (χ3n) is 4.08. The van der Waals surface area contributed by atoms with Crippen molar-refractivity contribution in [2.45, 2.75) is 32.9 Å². The lowest BCUT2D eigenvalue weighted by Gasteiger charge is -2.16. The second-order valence-electron chi connectivity index (χ2n) is 6.24. The van der Waals surface area contributed by atoms with E-state index < -0.39 is 0 Å². The molecule has 136 valence electrons. The zero-order valence-electron chi connectivity index (χ0n) is 15.0. The van der Waals surface area contributed by atoms with Crippen molar-refractivity contribution in [2.75, 3.05) is 7.11 Å². The van der Waals surface area contributed by atoms with Crippen LogP contribution in [0.3, 0.4) is 0 Å². The molecule has 1 aromatic carbocycles. The fraction of sp³-hybridized carbons (Fsp3) is 0.316. The minimum absolute atomic E-state index is 0.0487. The number of hydrogen-bond donors (Lipinski definition) is 1. The summed E-state index contributed by atoms with van der Waals surface area (Å²) in [4.78, 5) is 30.8. The Balaban J connectivity index is 1.67. The normalized spacial score (nSPS) is 12.1. The van der Waals surface area contributed by atoms with Gasteiger partial charge in [-0.05, 0) is 38.0 Å². The Morgan fingerprint density at radius 3 is 2.92 bits per heavy atom. The Labute approximate surface area is 155 Å². The first-order valence-corrected chi connectivity index (χ1v) is 9.16. The number of amides is 1. The zero-order chi connectivity index (χ0) is 18.7. The first kappa shape index (κ1) is 18.1. The van der Waals surface area contributed by atoms with Crippen LogP contribution in [0.4, 0.5) is 0 Å². The predicted octanol–water partition coefficient (Wildman–Crippen LogP) is 2.52. The molecule has 0 aliphatic carbocycles. The van der Waals surface area contributed by atoms with E-state index >= 15 is 0 Å². The summed E-state index contributed by atoms with van der Waals surface area (Å²) in [6, 6.07) is 9.45. The van der Waals surface area contributed by atoms with E-state index in [-0.39, 0.29) is 24.1 Å². The largest absolute Gasteiger partial charge is 0.496 e. The molecule has 1 atom stereocenters. The highest BCUT2D eigenvalue weighted by Crippen LogP contribution is 2.20. The summed E-state index contributed by atoms with van der Waals surface area (Å²) in [6.07, 6.45) is 2.08. The molecule has 3 aromatic rings. The molecule has 0 aliphatic heterocycles. The van der Waals surface area contributed by atoms with Gasteiger partial charge in [-0.1, -0.05) is 18.2 Å². The number of nitrogens with zero attached hydrogens (tertiary/aromatic N) is 2. The lowest BCUT2D eigenvalue weighted by molar-refractivity contribution is -0.122. The summed E-state index contributed by atoms with van der Waals surface area (Å²) in [5.41, 5.74) is 0.837. The van der Waals surface area contributed by atoms with E-state index in [1.165, 1.54) is 22.2 Å². The molecule has 0 saturated carbocycles. The van der Waals surface area contributed by atoms with E-state index in [9.17, 15) is 9.59 Å². The van der Waals surface area contributed by atoms with Gasteiger partial charge in [-0.25, -0.2) is 4.98 Å². The third-order valence-corrected chi connectivity index (χ3v) is 5.04. The summed E-state index contributed by atoms with van der Waals surface area (Å²) in [5, 5.41) is 3.49. The Morgan fingerprint density at radius 2 is 2.15 bits per heavy atom. The van der Waals surface area contributed by atoms with Gasteiger partial charge in [0.2, 0.25) is 5.91 Å². The van der Waals surface area contributed by atoms with Crippen molar-refractivity contribution in [1.29, 1.82) is 0 Å². The lowest BCUT2D eigenvalue weighted by Crippen LogP contribution is -2.38. The fourth-order valence-electron chi connectivity index (χ4n) is 2.92. The highest BCUT2D eigenvalue weighted by Gasteiger charge is 2.13. The number of rotatable bonds is 6. The molecule has 0 bridgehead atoms. The summed E-state index contributed by atoms with van der Waals surface area (Å²) >= 11 is 1.47. The van der Waals surface area contributed by atoms with Gasteiger partial charge in [0, 0.05) is 10.9 Å². The van der Waals surface area contributed by atoms with Crippen LogP contribution in [-0.2, 0) is 17.8 Å². The van der Waals surface area contributed by atoms with Crippen LogP contribution in [0.15, 0.2) is 41.5 Å². The van der Waals surface area contributed by atoms with Gasteiger partial charge in [0.05, 0.1) is 18.8 Å². The molecule has 2 aromatic heterocycles. The van der Waals surface area contributed by atoms with Crippen molar-refractivity contribution >= 4 is 27.5 Å². The van der Waals surface area contributed by atoms with Gasteiger partial charge in [0.1, 0.15) is 17.1 Å². The van der Waals surface area contributed by atoms with Crippen molar-refractivity contribution in [3.05, 3.63) is 57.5 Å². The first-order valence-electron chi connectivity index (χ1n) is 8.34. The van der Waals surface area contributed by atoms with Crippen LogP contribution in [0.25, 0.3) is 10.2 Å². The molecule has 0 aliphatic rings. The standard InChI is InChI=1S/C19H21N3O3S/c1-12(8-14-6-4-5-7-16(14)25-3)21-17(23)10-22-11-20-18-15(19(22)24)9-13(2)26-18/h4-7,9,11-12H,8,10H2,1-3H3,(H,21,23)/t12-/m1/s1. The van der Waals surface area contributed by atoms with E-state index in [2.05, 4.69) is 10.3 Å². The molecular weight excluding hydrogens is 350 g/mol. The number of para-hydroxylation sites is 1. The topological polar surface area (TPSA) is 73.2 Å². The highest BCUT2D eigenvalue weighted by atomic mass is 32.1. The molecular formula is C19H21N3O3S. The number of aryl methyl sites for hydroxylation is 1. The van der Waals surface area contributed by atoms with Gasteiger partial charge < -0.3 is 10.1 Å². The summed E-state index contributed by atoms with van der Waals surface area (Å²) in [6.45, 7) is 3.81. The molecule has 0 unspecified atom stereocenters. The number of ether oxygens (including phenoxy) is 1. The van der Waals surface area contributed by atoms with Crippen LogP contribution in [0.1, 0.15) is 17.4 Å². The van der Waals surface area contributed by atoms with Crippen molar-refractivity contribution in [1.82, 2.24) is 14.9 Å². The first-order chi connectivity index (χ1) is 12.5. The van der Waals surface area contributed by atoms with Crippen LogP contribution in [0, 0.1) is 6.92 Å². The quantitative estimate of drug-likeness (QED) is 0.723. The average molecular weight is 371 g/mol. The Bertz CT molecular complexity index is 993. The fourth-order valence-corrected chi connectivity index (χ4v) is 3.76. The third kappa shape index (κ3) is 3.94. The second kappa shape index (κ2) is 7.70. The molecule has 26 heavy (non-hydrogen) atoms. The molecule has 2 heterocycles. The molecule has 1 N–H and O–H groups in total. The average Bonchev–Trinajstić information content (AvgIpc) is 2.99. The van der Waals surface area contributed by atoms with Crippen LogP contribution in [0.5, 0.6) is 5.75 Å². The number of fused-ring (bicyclic) bond motifs is 1. The maximum atomic E-state index is 12.5. The molecule has 3 rings (SSSR count). The van der Waals surface area contributed by atoms with E-state index in [1.54, 1.807) is 7.11 Å². The zero-order valence-corrected chi connectivity index (χ0v) is 15.8. The molecule has 6 nitrogen and oxygen atoms in total. The Hall–Kier alpha value is -2.67. The maximum Gasteiger partial charge on any atom is 0.262 e. The molecule has 0 saturated heterocycles. The maximum absolute atomic E-state index is 12.5. The highest BCUT2D eigenvalue weighted by molar-refractivity contribution is 7.18. The number of nitrogens with one attached hydrogen (secondary N) is 1. The minimum Gasteiger partial charge on any atom is -0.496 e. The van der Waals surface area contributed by atoms with Crippen LogP contribution in [0.2, 0.25) is 0 Å². The summed E-state index contributed by atoms with van der Waals surface area (Å²) in [5.74, 6) is 0.579. The van der Waals surface area contributed by atoms with Crippen LogP contribution in [-0.4, -0.2) is 28.6 Å². The molecule has 1 amide bonds. The van der Waals surface area contributed by atoms with E-state index in [0.717, 1.165) is 16.2 Å². The summed E-state index contributed by atoms with van der Waals surface area (Å²) in [7, 11) is 1.63. The van der Waals surface area contributed by atoms with Crippen molar-refractivity contribution in [3.8, 4) is 5.75 Å². The monoisotopic (exact) mass is 371 g/mol. The second-order valence-corrected chi connectivity index (χ2v) is 7.47. The van der Waals surface area contributed by atoms with Gasteiger partial charge in [0.25, 0.3) is 5.56 Å². The molecule has 0 fully saturated rings. The number of carbonyl (C=O) groups excluding carboxylic acids is 1. The van der Waals surface area contributed by atoms with E-state index in [1.807, 2.05) is 44.2 Å². The molecule has 7 heteroatoms. The summed E-state index contributed by atoms with van der Waals surface area (Å²) < 4.78 is 6.69. The SMILES string of the molecule is COc1ccccc1C[C@@H](C)NC(=O)Cn1cnc2sc(C)cc2c1=O. The number of hydrogen-bond acceptors (Lipinski definition) is 5. The minimum atomic E-state index is -0.220. The lowest BCUT2D eigenvalue weighted by atomic mass is 10.1. The van der Waals surface area contributed by atoms with E-state index in [4.69, 9.17) is 4.74 Å². The van der Waals surface area contributed by atoms with Gasteiger partial charge in [0.15, 0.2) is 0 Å². The van der Waals surface area contributed by atoms with Crippen LogP contribution < -0.4 is 15.6 Å². The van der Waals surface area contributed by atoms with Crippen LogP contribution >= 0.6 is 11.3 Å². The van der Waals surface area contributed by atoms with E-state index in [0.29, 0.717) is 16.6 Å². The predicted molar refractivity (Wildman–Crippen MR) is 103 cm³/mol. The van der Waals surface area contributed by atoms with Crippen molar-refractivity contribution in [3.63, 3.8) is 0 Å². The number of benzene rings is 1. The van der Waals surface area contributed by atoms with Gasteiger partial charge in [-0.3, -0.25) is 14.2 Å². The number of carbonyl (C=O) groups is 1. The Kier molecular flexibility index (Phi) is 5.37. The van der Waals surface area contributed by atoms with Gasteiger partial charge >= 0.3 is 0 Å². The number of methoxy groups -OCH3 is 1. The smallest absolute Gasteiger partial charge is 0.262 e.